The van der Waals surface area contributed by atoms with Crippen LogP contribution in [0.1, 0.15) is 124 Å². The van der Waals surface area contributed by atoms with Crippen molar-refractivity contribution in [2.75, 3.05) is 0 Å². The smallest absolute Gasteiger partial charge is 0.187 e. The maximum Gasteiger partial charge on any atom is 0.187 e. The van der Waals surface area contributed by atoms with Crippen LogP contribution in [-0.2, 0) is 20.8 Å². The highest BCUT2D eigenvalue weighted by molar-refractivity contribution is 5.14. The maximum atomic E-state index is 11.0. The fourth-order valence-electron chi connectivity index (χ4n) is 11.6. The van der Waals surface area contributed by atoms with Crippen LogP contribution >= 0.6 is 0 Å². The van der Waals surface area contributed by atoms with E-state index in [0.29, 0.717) is 23.4 Å². The molecule has 254 valence electrons. The number of fused-ring (bicyclic) bond motifs is 5. The molecule has 0 amide bonds. The van der Waals surface area contributed by atoms with Crippen molar-refractivity contribution >= 4 is 0 Å². The van der Waals surface area contributed by atoms with E-state index in [-0.39, 0.29) is 6.10 Å². The minimum absolute atomic E-state index is 0.0958. The second kappa shape index (κ2) is 13.9. The van der Waals surface area contributed by atoms with Crippen molar-refractivity contribution in [3.8, 4) is 0 Å². The lowest BCUT2D eigenvalue weighted by Gasteiger charge is -2.61. The molecule has 1 aliphatic heterocycles. The SMILES string of the molecule is CC(C)CCC[C@@H](C)[C@H]1CC[C@H]2[C@@H]3CC[C@H]4C[C@@H](O[C@@H]5O[C@@H](C)[C@H](O)[C@@H](O)[C@H]5OCc5ccccc5)CC[C@]4(C)[C@H]3CC[C@]12C. The van der Waals surface area contributed by atoms with Crippen molar-refractivity contribution in [3.63, 3.8) is 0 Å². The molecule has 1 heterocycles. The molecular formula is C40H64O5. The summed E-state index contributed by atoms with van der Waals surface area (Å²) >= 11 is 0. The molecular weight excluding hydrogens is 560 g/mol. The Morgan fingerprint density at radius 1 is 0.867 bits per heavy atom. The van der Waals surface area contributed by atoms with Crippen molar-refractivity contribution < 1.29 is 24.4 Å². The first kappa shape index (κ1) is 33.9. The molecule has 14 atom stereocenters. The number of hydrogen-bond acceptors (Lipinski definition) is 5. The van der Waals surface area contributed by atoms with Crippen molar-refractivity contribution in [1.29, 1.82) is 0 Å². The predicted molar refractivity (Wildman–Crippen MR) is 179 cm³/mol. The quantitative estimate of drug-likeness (QED) is 0.255. The minimum Gasteiger partial charge on any atom is -0.388 e. The van der Waals surface area contributed by atoms with E-state index in [9.17, 15) is 10.2 Å². The van der Waals surface area contributed by atoms with E-state index in [0.717, 1.165) is 53.9 Å². The number of hydrogen-bond donors (Lipinski definition) is 2. The van der Waals surface area contributed by atoms with Crippen molar-refractivity contribution in [2.24, 2.45) is 52.3 Å². The standard InChI is InChI=1S/C40H64O5/c1-25(2)11-10-12-26(3)32-17-18-33-31-16-15-29-23-30(19-21-39(29,5)34(31)20-22-40(32,33)6)45-38-37(36(42)35(41)27(4)44-38)43-24-28-13-8-7-9-14-28/h7-9,13-14,25-27,29-38,41-42H,10-12,15-24H2,1-6H3/t26-,27+,29+,30+,31+,32-,33+,34+,35+,36-,37-,38+,39+,40-/m1/s1. The highest BCUT2D eigenvalue weighted by Crippen LogP contribution is 2.68. The summed E-state index contributed by atoms with van der Waals surface area (Å²) in [6, 6.07) is 9.97. The molecule has 5 heteroatoms. The summed E-state index contributed by atoms with van der Waals surface area (Å²) in [6.45, 7) is 14.8. The summed E-state index contributed by atoms with van der Waals surface area (Å²) in [5.74, 6) is 5.92. The first-order valence-electron chi connectivity index (χ1n) is 18.8. The van der Waals surface area contributed by atoms with Crippen LogP contribution in [0, 0.1) is 52.3 Å². The Morgan fingerprint density at radius 2 is 1.60 bits per heavy atom. The molecule has 1 aromatic rings. The number of aliphatic hydroxyl groups is 2. The lowest BCUT2D eigenvalue weighted by Crippen LogP contribution is -2.59. The zero-order valence-corrected chi connectivity index (χ0v) is 29.2. The van der Waals surface area contributed by atoms with Crippen molar-refractivity contribution in [2.45, 2.75) is 162 Å². The van der Waals surface area contributed by atoms with Gasteiger partial charge >= 0.3 is 0 Å². The number of rotatable bonds is 10. The molecule has 5 fully saturated rings. The number of aliphatic hydroxyl groups excluding tert-OH is 2. The summed E-state index contributed by atoms with van der Waals surface area (Å²) in [5, 5.41) is 21.6. The Hall–Kier alpha value is -0.980. The summed E-state index contributed by atoms with van der Waals surface area (Å²) in [7, 11) is 0. The van der Waals surface area contributed by atoms with Crippen LogP contribution < -0.4 is 0 Å². The monoisotopic (exact) mass is 624 g/mol. The maximum absolute atomic E-state index is 11.0. The molecule has 1 aromatic carbocycles. The van der Waals surface area contributed by atoms with Gasteiger partial charge in [-0.1, -0.05) is 84.2 Å². The lowest BCUT2D eigenvalue weighted by molar-refractivity contribution is -0.319. The van der Waals surface area contributed by atoms with Gasteiger partial charge in [-0.15, -0.1) is 0 Å². The van der Waals surface area contributed by atoms with Gasteiger partial charge in [-0.3, -0.25) is 0 Å². The molecule has 5 aliphatic rings. The van der Waals surface area contributed by atoms with Gasteiger partial charge in [0.1, 0.15) is 18.3 Å². The van der Waals surface area contributed by atoms with Crippen LogP contribution in [0.5, 0.6) is 0 Å². The highest BCUT2D eigenvalue weighted by atomic mass is 16.7. The third-order valence-corrected chi connectivity index (χ3v) is 14.2. The summed E-state index contributed by atoms with van der Waals surface area (Å²) < 4.78 is 19.1. The molecule has 2 N–H and O–H groups in total. The topological polar surface area (TPSA) is 68.2 Å². The predicted octanol–water partition coefficient (Wildman–Crippen LogP) is 8.54. The van der Waals surface area contributed by atoms with E-state index in [4.69, 9.17) is 14.2 Å². The fourth-order valence-corrected chi connectivity index (χ4v) is 11.6. The van der Waals surface area contributed by atoms with Gasteiger partial charge < -0.3 is 24.4 Å². The molecule has 4 saturated carbocycles. The zero-order valence-electron chi connectivity index (χ0n) is 29.2. The van der Waals surface area contributed by atoms with E-state index in [1.54, 1.807) is 0 Å². The normalized spacial score (nSPS) is 45.5. The summed E-state index contributed by atoms with van der Waals surface area (Å²) in [4.78, 5) is 0. The second-order valence-corrected chi connectivity index (χ2v) is 17.2. The van der Waals surface area contributed by atoms with Crippen LogP contribution in [-0.4, -0.2) is 47.0 Å². The van der Waals surface area contributed by atoms with E-state index in [1.165, 1.54) is 64.2 Å². The molecule has 0 bridgehead atoms. The fraction of sp³-hybridized carbons (Fsp3) is 0.850. The van der Waals surface area contributed by atoms with Crippen LogP contribution in [0.3, 0.4) is 0 Å². The van der Waals surface area contributed by atoms with E-state index < -0.39 is 30.7 Å². The molecule has 0 unspecified atom stereocenters. The number of ether oxygens (including phenoxy) is 3. The van der Waals surface area contributed by atoms with Crippen molar-refractivity contribution in [1.82, 2.24) is 0 Å². The van der Waals surface area contributed by atoms with Gasteiger partial charge in [0.05, 0.1) is 18.8 Å². The molecule has 0 aromatic heterocycles. The third kappa shape index (κ3) is 6.69. The Morgan fingerprint density at radius 3 is 2.36 bits per heavy atom. The molecule has 0 spiro atoms. The summed E-state index contributed by atoms with van der Waals surface area (Å²) in [5.41, 5.74) is 1.96. The second-order valence-electron chi connectivity index (χ2n) is 17.2. The number of benzene rings is 1. The summed E-state index contributed by atoms with van der Waals surface area (Å²) in [6.07, 6.45) is 12.1. The Balaban J connectivity index is 1.08. The Labute approximate surface area is 274 Å². The lowest BCUT2D eigenvalue weighted by atomic mass is 9.44. The highest BCUT2D eigenvalue weighted by Gasteiger charge is 2.61. The first-order chi connectivity index (χ1) is 21.5. The van der Waals surface area contributed by atoms with Crippen LogP contribution in [0.25, 0.3) is 0 Å². The van der Waals surface area contributed by atoms with E-state index in [2.05, 4.69) is 34.6 Å². The van der Waals surface area contributed by atoms with Crippen molar-refractivity contribution in [3.05, 3.63) is 35.9 Å². The van der Waals surface area contributed by atoms with Crippen LogP contribution in [0.2, 0.25) is 0 Å². The Kier molecular flexibility index (Phi) is 10.4. The molecule has 4 aliphatic carbocycles. The largest absolute Gasteiger partial charge is 0.388 e. The van der Waals surface area contributed by atoms with E-state index >= 15 is 0 Å². The molecule has 6 rings (SSSR count). The third-order valence-electron chi connectivity index (χ3n) is 14.2. The zero-order chi connectivity index (χ0) is 31.9. The van der Waals surface area contributed by atoms with Gasteiger partial charge in [0, 0.05) is 0 Å². The van der Waals surface area contributed by atoms with Gasteiger partial charge in [-0.2, -0.15) is 0 Å². The van der Waals surface area contributed by atoms with Gasteiger partial charge in [0.2, 0.25) is 0 Å². The molecule has 45 heavy (non-hydrogen) atoms. The van der Waals surface area contributed by atoms with Gasteiger partial charge in [-0.05, 0) is 123 Å². The average molecular weight is 625 g/mol. The minimum atomic E-state index is -1.04. The van der Waals surface area contributed by atoms with Gasteiger partial charge in [0.15, 0.2) is 6.29 Å². The molecule has 5 nitrogen and oxygen atoms in total. The molecule has 0 radical (unpaired) electrons. The Bertz CT molecular complexity index is 1090. The average Bonchev–Trinajstić information content (AvgIpc) is 3.37. The van der Waals surface area contributed by atoms with Crippen LogP contribution in [0.4, 0.5) is 0 Å². The van der Waals surface area contributed by atoms with Gasteiger partial charge in [-0.25, -0.2) is 0 Å². The van der Waals surface area contributed by atoms with Crippen LogP contribution in [0.15, 0.2) is 30.3 Å². The van der Waals surface area contributed by atoms with E-state index in [1.807, 2.05) is 37.3 Å². The molecule has 1 saturated heterocycles. The van der Waals surface area contributed by atoms with Gasteiger partial charge in [0.25, 0.3) is 0 Å². The first-order valence-corrected chi connectivity index (χ1v) is 18.8.